The standard InChI is InChI=1S/C25H23FN4O2/c1-32-21-11-9-17(10-12-21)24(31)30-25(29-20-6-4-5-19(26)15-20)27-14-13-18-16-28-23-8-3-2-7-22(18)23/h2-12,15-16,28H,13-14H2,1H3,(H2,27,29,30,31). The zero-order valence-corrected chi connectivity index (χ0v) is 17.6. The van der Waals surface area contributed by atoms with Gasteiger partial charge in [0.2, 0.25) is 5.96 Å². The molecule has 0 radical (unpaired) electrons. The lowest BCUT2D eigenvalue weighted by Crippen LogP contribution is -2.36. The van der Waals surface area contributed by atoms with Crippen LogP contribution in [0.2, 0.25) is 0 Å². The average molecular weight is 430 g/mol. The van der Waals surface area contributed by atoms with Crippen LogP contribution >= 0.6 is 0 Å². The summed E-state index contributed by atoms with van der Waals surface area (Å²) in [5.74, 6) is 0.195. The number of hydrogen-bond donors (Lipinski definition) is 3. The Labute approximate surface area is 185 Å². The maximum Gasteiger partial charge on any atom is 0.257 e. The van der Waals surface area contributed by atoms with Crippen LogP contribution in [0.3, 0.4) is 0 Å². The van der Waals surface area contributed by atoms with Gasteiger partial charge in [-0.3, -0.25) is 15.1 Å². The van der Waals surface area contributed by atoms with Crippen LogP contribution in [0.4, 0.5) is 10.1 Å². The number of para-hydroxylation sites is 1. The summed E-state index contributed by atoms with van der Waals surface area (Å²) in [5, 5.41) is 6.93. The van der Waals surface area contributed by atoms with Gasteiger partial charge in [-0.25, -0.2) is 4.39 Å². The first-order chi connectivity index (χ1) is 15.6. The Hall–Kier alpha value is -4.13. The summed E-state index contributed by atoms with van der Waals surface area (Å²) in [7, 11) is 1.57. The van der Waals surface area contributed by atoms with E-state index < -0.39 is 0 Å². The molecule has 6 nitrogen and oxygen atoms in total. The topological polar surface area (TPSA) is 78.5 Å². The summed E-state index contributed by atoms with van der Waals surface area (Å²) < 4.78 is 18.8. The number of anilines is 1. The summed E-state index contributed by atoms with van der Waals surface area (Å²) in [6.07, 6.45) is 2.65. The van der Waals surface area contributed by atoms with Crippen LogP contribution < -0.4 is 15.4 Å². The molecular formula is C25H23FN4O2. The minimum Gasteiger partial charge on any atom is -0.497 e. The van der Waals surface area contributed by atoms with Crippen molar-refractivity contribution in [2.75, 3.05) is 19.0 Å². The third kappa shape index (κ3) is 5.13. The fourth-order valence-electron chi connectivity index (χ4n) is 3.36. The van der Waals surface area contributed by atoms with E-state index in [2.05, 4.69) is 26.7 Å². The minimum atomic E-state index is -0.380. The number of ether oxygens (including phenoxy) is 1. The van der Waals surface area contributed by atoms with Crippen molar-refractivity contribution in [3.63, 3.8) is 0 Å². The molecule has 0 bridgehead atoms. The zero-order valence-electron chi connectivity index (χ0n) is 17.6. The first kappa shape index (κ1) is 21.1. The van der Waals surface area contributed by atoms with Crippen LogP contribution in [-0.4, -0.2) is 30.5 Å². The molecule has 0 unspecified atom stereocenters. The van der Waals surface area contributed by atoms with Crippen molar-refractivity contribution >= 4 is 28.5 Å². The third-order valence-corrected chi connectivity index (χ3v) is 5.00. The Balaban J connectivity index is 1.51. The van der Waals surface area contributed by atoms with Gasteiger partial charge >= 0.3 is 0 Å². The van der Waals surface area contributed by atoms with Gasteiger partial charge in [0, 0.05) is 34.9 Å². The number of aromatic amines is 1. The molecule has 7 heteroatoms. The van der Waals surface area contributed by atoms with Gasteiger partial charge in [-0.05, 0) is 60.5 Å². The molecule has 32 heavy (non-hydrogen) atoms. The molecule has 1 aromatic heterocycles. The summed E-state index contributed by atoms with van der Waals surface area (Å²) >= 11 is 0. The summed E-state index contributed by atoms with van der Waals surface area (Å²) in [4.78, 5) is 20.5. The van der Waals surface area contributed by atoms with E-state index >= 15 is 0 Å². The number of aliphatic imine (C=N–C) groups is 1. The smallest absolute Gasteiger partial charge is 0.257 e. The molecule has 0 aliphatic rings. The van der Waals surface area contributed by atoms with Crippen LogP contribution in [0.1, 0.15) is 15.9 Å². The lowest BCUT2D eigenvalue weighted by Gasteiger charge is -2.12. The van der Waals surface area contributed by atoms with Crippen molar-refractivity contribution in [1.82, 2.24) is 10.3 Å². The largest absolute Gasteiger partial charge is 0.497 e. The predicted molar refractivity (Wildman–Crippen MR) is 125 cm³/mol. The number of fused-ring (bicyclic) bond motifs is 1. The molecule has 0 fully saturated rings. The van der Waals surface area contributed by atoms with Crippen LogP contribution in [0.25, 0.3) is 10.9 Å². The number of methoxy groups -OCH3 is 1. The Morgan fingerprint density at radius 2 is 1.88 bits per heavy atom. The van der Waals surface area contributed by atoms with Crippen molar-refractivity contribution in [2.24, 2.45) is 4.99 Å². The second kappa shape index (κ2) is 9.78. The number of nitrogens with one attached hydrogen (secondary N) is 3. The average Bonchev–Trinajstić information content (AvgIpc) is 3.22. The predicted octanol–water partition coefficient (Wildman–Crippen LogP) is 4.76. The van der Waals surface area contributed by atoms with Gasteiger partial charge in [0.1, 0.15) is 11.6 Å². The maximum atomic E-state index is 13.6. The number of H-pyrrole nitrogens is 1. The zero-order chi connectivity index (χ0) is 22.3. The summed E-state index contributed by atoms with van der Waals surface area (Å²) in [5.41, 5.74) is 3.15. The fraction of sp³-hybridized carbons (Fsp3) is 0.120. The quantitative estimate of drug-likeness (QED) is 0.305. The molecule has 3 aromatic carbocycles. The summed E-state index contributed by atoms with van der Waals surface area (Å²) in [6, 6.07) is 20.8. The SMILES string of the molecule is COc1ccc(C(=O)NC(=NCCc2c[nH]c3ccccc23)Nc2cccc(F)c2)cc1. The van der Waals surface area contributed by atoms with Crippen LogP contribution in [0.15, 0.2) is 84.0 Å². The first-order valence-corrected chi connectivity index (χ1v) is 10.2. The molecule has 0 saturated carbocycles. The third-order valence-electron chi connectivity index (χ3n) is 5.00. The van der Waals surface area contributed by atoms with Crippen molar-refractivity contribution in [3.05, 3.63) is 95.9 Å². The van der Waals surface area contributed by atoms with Crippen LogP contribution in [0, 0.1) is 5.82 Å². The fourth-order valence-corrected chi connectivity index (χ4v) is 3.36. The van der Waals surface area contributed by atoms with Gasteiger partial charge < -0.3 is 15.0 Å². The summed E-state index contributed by atoms with van der Waals surface area (Å²) in [6.45, 7) is 0.433. The number of aromatic nitrogens is 1. The normalized spacial score (nSPS) is 11.4. The van der Waals surface area contributed by atoms with Crippen LogP contribution in [-0.2, 0) is 6.42 Å². The van der Waals surface area contributed by atoms with E-state index in [-0.39, 0.29) is 17.7 Å². The van der Waals surface area contributed by atoms with E-state index in [4.69, 9.17) is 4.74 Å². The molecule has 4 rings (SSSR count). The molecular weight excluding hydrogens is 407 g/mol. The van der Waals surface area contributed by atoms with Crippen molar-refractivity contribution in [2.45, 2.75) is 6.42 Å². The first-order valence-electron chi connectivity index (χ1n) is 10.2. The second-order valence-corrected chi connectivity index (χ2v) is 7.16. The van der Waals surface area contributed by atoms with Gasteiger partial charge in [0.25, 0.3) is 5.91 Å². The minimum absolute atomic E-state index is 0.247. The Kier molecular flexibility index (Phi) is 6.46. The lowest BCUT2D eigenvalue weighted by molar-refractivity contribution is 0.0977. The highest BCUT2D eigenvalue weighted by Crippen LogP contribution is 2.18. The molecule has 1 heterocycles. The van der Waals surface area contributed by atoms with E-state index in [9.17, 15) is 9.18 Å². The number of halogens is 1. The Bertz CT molecular complexity index is 1250. The van der Waals surface area contributed by atoms with E-state index in [1.807, 2.05) is 24.4 Å². The molecule has 0 saturated heterocycles. The number of amides is 1. The highest BCUT2D eigenvalue weighted by molar-refractivity contribution is 6.10. The Morgan fingerprint density at radius 3 is 2.66 bits per heavy atom. The van der Waals surface area contributed by atoms with Gasteiger partial charge in [0.15, 0.2) is 0 Å². The number of benzene rings is 3. The molecule has 4 aromatic rings. The molecule has 162 valence electrons. The van der Waals surface area contributed by atoms with E-state index in [0.717, 1.165) is 16.5 Å². The van der Waals surface area contributed by atoms with Gasteiger partial charge in [-0.1, -0.05) is 24.3 Å². The van der Waals surface area contributed by atoms with Crippen molar-refractivity contribution in [1.29, 1.82) is 0 Å². The maximum absolute atomic E-state index is 13.6. The highest BCUT2D eigenvalue weighted by atomic mass is 19.1. The number of guanidine groups is 1. The molecule has 0 aliphatic heterocycles. The van der Waals surface area contributed by atoms with Crippen molar-refractivity contribution < 1.29 is 13.9 Å². The molecule has 0 spiro atoms. The Morgan fingerprint density at radius 1 is 1.06 bits per heavy atom. The molecule has 1 amide bonds. The van der Waals surface area contributed by atoms with Gasteiger partial charge in [-0.2, -0.15) is 0 Å². The lowest BCUT2D eigenvalue weighted by atomic mass is 10.1. The molecule has 0 aliphatic carbocycles. The highest BCUT2D eigenvalue weighted by Gasteiger charge is 2.10. The van der Waals surface area contributed by atoms with Gasteiger partial charge in [-0.15, -0.1) is 0 Å². The van der Waals surface area contributed by atoms with Crippen molar-refractivity contribution in [3.8, 4) is 5.75 Å². The van der Waals surface area contributed by atoms with E-state index in [1.54, 1.807) is 43.5 Å². The number of carbonyl (C=O) groups excluding carboxylic acids is 1. The second-order valence-electron chi connectivity index (χ2n) is 7.16. The van der Waals surface area contributed by atoms with Gasteiger partial charge in [0.05, 0.1) is 7.11 Å². The molecule has 3 N–H and O–H groups in total. The number of carbonyl (C=O) groups is 1. The number of nitrogens with zero attached hydrogens (tertiary/aromatic N) is 1. The number of rotatable bonds is 6. The monoisotopic (exact) mass is 430 g/mol. The number of hydrogen-bond acceptors (Lipinski definition) is 3. The van der Waals surface area contributed by atoms with Crippen LogP contribution in [0.5, 0.6) is 5.75 Å². The van der Waals surface area contributed by atoms with E-state index in [0.29, 0.717) is 30.0 Å². The van der Waals surface area contributed by atoms with E-state index in [1.165, 1.54) is 12.1 Å². The molecule has 0 atom stereocenters.